The Bertz CT molecular complexity index is 773. The number of ether oxygens (including phenoxy) is 2. The third kappa shape index (κ3) is 4.89. The van der Waals surface area contributed by atoms with Gasteiger partial charge in [-0.2, -0.15) is 0 Å². The van der Waals surface area contributed by atoms with E-state index in [9.17, 15) is 8.42 Å². The van der Waals surface area contributed by atoms with Crippen LogP contribution in [0.2, 0.25) is 0 Å². The van der Waals surface area contributed by atoms with E-state index in [0.717, 1.165) is 17.5 Å². The number of hydrogen-bond acceptors (Lipinski definition) is 4. The van der Waals surface area contributed by atoms with Gasteiger partial charge >= 0.3 is 0 Å². The predicted molar refractivity (Wildman–Crippen MR) is 96.5 cm³/mol. The smallest absolute Gasteiger partial charge is 0.232 e. The summed E-state index contributed by atoms with van der Waals surface area (Å²) in [5.74, 6) is 1.13. The quantitative estimate of drug-likeness (QED) is 0.793. The van der Waals surface area contributed by atoms with Crippen LogP contribution in [0.1, 0.15) is 17.5 Å². The summed E-state index contributed by atoms with van der Waals surface area (Å²) in [5, 5.41) is 0. The van der Waals surface area contributed by atoms with E-state index in [1.165, 1.54) is 7.11 Å². The monoisotopic (exact) mass is 349 g/mol. The normalized spacial score (nSPS) is 11.1. The average molecular weight is 349 g/mol. The molecule has 0 atom stereocenters. The van der Waals surface area contributed by atoms with Crippen molar-refractivity contribution < 1.29 is 17.9 Å². The number of hydrogen-bond donors (Lipinski definition) is 1. The van der Waals surface area contributed by atoms with Crippen LogP contribution in [0, 0.1) is 6.92 Å². The van der Waals surface area contributed by atoms with Gasteiger partial charge in [0.2, 0.25) is 10.0 Å². The molecule has 0 radical (unpaired) electrons. The number of sulfonamides is 1. The largest absolute Gasteiger partial charge is 0.493 e. The second-order valence-electron chi connectivity index (χ2n) is 5.53. The average Bonchev–Trinajstić information content (AvgIpc) is 2.57. The maximum atomic E-state index is 12.3. The maximum absolute atomic E-state index is 12.3. The molecule has 0 aliphatic heterocycles. The van der Waals surface area contributed by atoms with Gasteiger partial charge in [0.15, 0.2) is 11.5 Å². The van der Waals surface area contributed by atoms with Crippen LogP contribution in [-0.4, -0.2) is 28.4 Å². The zero-order chi connectivity index (χ0) is 17.6. The minimum Gasteiger partial charge on any atom is -0.493 e. The number of benzene rings is 2. The minimum atomic E-state index is -3.42. The molecule has 6 heteroatoms. The van der Waals surface area contributed by atoms with Crippen LogP contribution < -0.4 is 14.2 Å². The highest BCUT2D eigenvalue weighted by Crippen LogP contribution is 2.33. The Hall–Kier alpha value is -2.21. The second-order valence-corrected chi connectivity index (χ2v) is 7.37. The van der Waals surface area contributed by atoms with E-state index in [2.05, 4.69) is 4.72 Å². The molecule has 0 saturated heterocycles. The fourth-order valence-electron chi connectivity index (χ4n) is 2.42. The summed E-state index contributed by atoms with van der Waals surface area (Å²) in [6.45, 7) is 1.82. The topological polar surface area (TPSA) is 64.6 Å². The Morgan fingerprint density at radius 2 is 1.62 bits per heavy atom. The van der Waals surface area contributed by atoms with Gasteiger partial charge in [0.1, 0.15) is 0 Å². The summed E-state index contributed by atoms with van der Waals surface area (Å²) < 4.78 is 37.7. The molecule has 0 fully saturated rings. The van der Waals surface area contributed by atoms with Crippen molar-refractivity contribution in [1.82, 2.24) is 0 Å². The molecule has 2 rings (SSSR count). The fraction of sp³-hybridized carbons (Fsp3) is 0.333. The Morgan fingerprint density at radius 1 is 1.00 bits per heavy atom. The lowest BCUT2D eigenvalue weighted by atomic mass is 10.1. The zero-order valence-corrected chi connectivity index (χ0v) is 15.0. The Labute approximate surface area is 143 Å². The van der Waals surface area contributed by atoms with Crippen LogP contribution in [0.5, 0.6) is 11.5 Å². The van der Waals surface area contributed by atoms with Gasteiger partial charge in [-0.1, -0.05) is 30.3 Å². The molecule has 1 N–H and O–H groups in total. The van der Waals surface area contributed by atoms with Crippen LogP contribution >= 0.6 is 0 Å². The number of anilines is 1. The molecule has 0 bridgehead atoms. The van der Waals surface area contributed by atoms with Crippen LogP contribution in [0.15, 0.2) is 42.5 Å². The number of aryl methyl sites for hydroxylation is 2. The summed E-state index contributed by atoms with van der Waals surface area (Å²) in [6, 6.07) is 13.2. The molecule has 0 aliphatic rings. The third-order valence-corrected chi connectivity index (χ3v) is 5.07. The SMILES string of the molecule is COc1cc(C)c(NS(=O)(=O)CCCc2ccccc2)cc1OC. The molecule has 0 heterocycles. The molecule has 2 aromatic rings. The van der Waals surface area contributed by atoms with Crippen molar-refractivity contribution in [2.24, 2.45) is 0 Å². The Balaban J connectivity index is 2.03. The van der Waals surface area contributed by atoms with Crippen molar-refractivity contribution in [2.75, 3.05) is 24.7 Å². The molecule has 2 aromatic carbocycles. The molecule has 24 heavy (non-hydrogen) atoms. The van der Waals surface area contributed by atoms with E-state index < -0.39 is 10.0 Å². The fourth-order valence-corrected chi connectivity index (χ4v) is 3.60. The van der Waals surface area contributed by atoms with Crippen molar-refractivity contribution in [2.45, 2.75) is 19.8 Å². The molecule has 0 aliphatic carbocycles. The summed E-state index contributed by atoms with van der Waals surface area (Å²) in [7, 11) is -0.353. The molecule has 0 unspecified atom stereocenters. The standard InChI is InChI=1S/C18H23NO4S/c1-14-12-17(22-2)18(23-3)13-16(14)19-24(20,21)11-7-10-15-8-5-4-6-9-15/h4-6,8-9,12-13,19H,7,10-11H2,1-3H3. The molecule has 130 valence electrons. The molecule has 0 amide bonds. The highest BCUT2D eigenvalue weighted by molar-refractivity contribution is 7.92. The second kappa shape index (κ2) is 8.06. The van der Waals surface area contributed by atoms with E-state index in [4.69, 9.17) is 9.47 Å². The number of rotatable bonds is 8. The minimum absolute atomic E-state index is 0.0652. The van der Waals surface area contributed by atoms with E-state index >= 15 is 0 Å². The molecular weight excluding hydrogens is 326 g/mol. The lowest BCUT2D eigenvalue weighted by molar-refractivity contribution is 0.355. The van der Waals surface area contributed by atoms with E-state index in [1.54, 1.807) is 19.2 Å². The molecule has 5 nitrogen and oxygen atoms in total. The first-order valence-electron chi connectivity index (χ1n) is 7.72. The first kappa shape index (κ1) is 18.1. The Morgan fingerprint density at radius 3 is 2.25 bits per heavy atom. The third-order valence-electron chi connectivity index (χ3n) is 3.72. The van der Waals surface area contributed by atoms with Crippen LogP contribution in [0.25, 0.3) is 0 Å². The van der Waals surface area contributed by atoms with E-state index in [-0.39, 0.29) is 5.75 Å². The lowest BCUT2D eigenvalue weighted by Crippen LogP contribution is -2.18. The molecule has 0 saturated carbocycles. The Kier molecular flexibility index (Phi) is 6.09. The zero-order valence-electron chi connectivity index (χ0n) is 14.2. The first-order valence-corrected chi connectivity index (χ1v) is 9.37. The molecule has 0 spiro atoms. The summed E-state index contributed by atoms with van der Waals surface area (Å²) >= 11 is 0. The van der Waals surface area contributed by atoms with Gasteiger partial charge < -0.3 is 9.47 Å². The van der Waals surface area contributed by atoms with Crippen molar-refractivity contribution >= 4 is 15.7 Å². The van der Waals surface area contributed by atoms with Crippen molar-refractivity contribution in [3.05, 3.63) is 53.6 Å². The van der Waals surface area contributed by atoms with Crippen LogP contribution in [0.4, 0.5) is 5.69 Å². The number of nitrogens with one attached hydrogen (secondary N) is 1. The molecular formula is C18H23NO4S. The lowest BCUT2D eigenvalue weighted by Gasteiger charge is -2.14. The van der Waals surface area contributed by atoms with Crippen molar-refractivity contribution in [3.8, 4) is 11.5 Å². The summed E-state index contributed by atoms with van der Waals surface area (Å²) in [6.07, 6.45) is 1.29. The number of methoxy groups -OCH3 is 2. The highest BCUT2D eigenvalue weighted by Gasteiger charge is 2.15. The van der Waals surface area contributed by atoms with Gasteiger partial charge in [-0.05, 0) is 37.0 Å². The summed E-state index contributed by atoms with van der Waals surface area (Å²) in [5.41, 5.74) is 2.42. The highest BCUT2D eigenvalue weighted by atomic mass is 32.2. The van der Waals surface area contributed by atoms with Crippen LogP contribution in [0.3, 0.4) is 0 Å². The maximum Gasteiger partial charge on any atom is 0.232 e. The van der Waals surface area contributed by atoms with Gasteiger partial charge in [-0.25, -0.2) is 8.42 Å². The first-order chi connectivity index (χ1) is 11.4. The van der Waals surface area contributed by atoms with E-state index in [1.807, 2.05) is 37.3 Å². The van der Waals surface area contributed by atoms with Gasteiger partial charge in [0.25, 0.3) is 0 Å². The van der Waals surface area contributed by atoms with E-state index in [0.29, 0.717) is 23.6 Å². The molecule has 0 aromatic heterocycles. The van der Waals surface area contributed by atoms with Gasteiger partial charge in [0.05, 0.1) is 25.7 Å². The van der Waals surface area contributed by atoms with Gasteiger partial charge in [0, 0.05) is 6.07 Å². The van der Waals surface area contributed by atoms with Gasteiger partial charge in [-0.15, -0.1) is 0 Å². The van der Waals surface area contributed by atoms with Crippen molar-refractivity contribution in [3.63, 3.8) is 0 Å². The summed E-state index contributed by atoms with van der Waals surface area (Å²) in [4.78, 5) is 0. The van der Waals surface area contributed by atoms with Gasteiger partial charge in [-0.3, -0.25) is 4.72 Å². The predicted octanol–water partition coefficient (Wildman–Crippen LogP) is 3.39. The van der Waals surface area contributed by atoms with Crippen molar-refractivity contribution in [1.29, 1.82) is 0 Å². The van der Waals surface area contributed by atoms with Crippen LogP contribution in [-0.2, 0) is 16.4 Å².